The highest BCUT2D eigenvalue weighted by Crippen LogP contribution is 2.51. The Morgan fingerprint density at radius 2 is 1.00 bits per heavy atom. The fourth-order valence-electron chi connectivity index (χ4n) is 0.880. The van der Waals surface area contributed by atoms with Gasteiger partial charge >= 0.3 is 18.1 Å². The summed E-state index contributed by atoms with van der Waals surface area (Å²) in [6.07, 6.45) is -19.1. The van der Waals surface area contributed by atoms with Gasteiger partial charge in [0.2, 0.25) is 0 Å². The van der Waals surface area contributed by atoms with Gasteiger partial charge in [-0.15, -0.1) is 0 Å². The summed E-state index contributed by atoms with van der Waals surface area (Å²) in [6, 6.07) is 0. The van der Waals surface area contributed by atoms with Gasteiger partial charge < -0.3 is 0 Å². The van der Waals surface area contributed by atoms with Gasteiger partial charge in [-0.05, 0) is 0 Å². The van der Waals surface area contributed by atoms with Crippen LogP contribution in [0.5, 0.6) is 0 Å². The fraction of sp³-hybridized carbons (Fsp3) is 1.00. The third-order valence-corrected chi connectivity index (χ3v) is 1.51. The number of hydrogen-bond acceptors (Lipinski definition) is 2. The largest absolute Gasteiger partial charge is 0.453 e. The van der Waals surface area contributed by atoms with Crippen LogP contribution in [-0.4, -0.2) is 30.9 Å². The van der Waals surface area contributed by atoms with Crippen LogP contribution in [0.4, 0.5) is 35.1 Å². The fourth-order valence-corrected chi connectivity index (χ4v) is 0.880. The number of rotatable bonds is 0. The molecule has 2 nitrogen and oxygen atoms in total. The zero-order valence-corrected chi connectivity index (χ0v) is 6.49. The van der Waals surface area contributed by atoms with Crippen molar-refractivity contribution in [3.8, 4) is 0 Å². The van der Waals surface area contributed by atoms with Crippen LogP contribution >= 0.6 is 0 Å². The smallest absolute Gasteiger partial charge is 0.295 e. The van der Waals surface area contributed by atoms with Crippen molar-refractivity contribution < 1.29 is 44.6 Å². The Balaban J connectivity index is 3.12. The van der Waals surface area contributed by atoms with Gasteiger partial charge in [-0.1, -0.05) is 0 Å². The van der Waals surface area contributed by atoms with Crippen molar-refractivity contribution in [1.29, 1.82) is 0 Å². The highest BCUT2D eigenvalue weighted by molar-refractivity contribution is 4.91. The van der Waals surface area contributed by atoms with Crippen LogP contribution in [0, 0.1) is 0 Å². The summed E-state index contributed by atoms with van der Waals surface area (Å²) in [5.74, 6) is -5.24. The van der Waals surface area contributed by atoms with E-state index in [0.717, 1.165) is 0 Å². The van der Waals surface area contributed by atoms with E-state index in [0.29, 0.717) is 0 Å². The molecule has 1 aliphatic rings. The summed E-state index contributed by atoms with van der Waals surface area (Å²) in [7, 11) is 0. The van der Waals surface area contributed by atoms with Crippen molar-refractivity contribution in [2.24, 2.45) is 0 Å². The Hall–Kier alpha value is -0.640. The SMILES string of the molecule is F[C@@H]1OC(C(F)(F)F)(C(F)(F)F)O[C@@H]1F. The Morgan fingerprint density at radius 1 is 0.733 bits per heavy atom. The summed E-state index contributed by atoms with van der Waals surface area (Å²) in [6.45, 7) is 0. The zero-order valence-electron chi connectivity index (χ0n) is 6.49. The topological polar surface area (TPSA) is 18.5 Å². The van der Waals surface area contributed by atoms with Crippen molar-refractivity contribution in [1.82, 2.24) is 0 Å². The first kappa shape index (κ1) is 12.4. The lowest BCUT2D eigenvalue weighted by Crippen LogP contribution is -2.58. The highest BCUT2D eigenvalue weighted by atomic mass is 19.4. The summed E-state index contributed by atoms with van der Waals surface area (Å²) in [5, 5.41) is 0. The molecule has 0 amide bonds. The molecule has 0 aromatic carbocycles. The first-order chi connectivity index (χ1) is 6.51. The van der Waals surface area contributed by atoms with E-state index in [1.807, 2.05) is 0 Å². The molecule has 1 heterocycles. The molecule has 0 aliphatic carbocycles. The molecule has 0 N–H and O–H groups in total. The van der Waals surface area contributed by atoms with Gasteiger partial charge in [0.05, 0.1) is 0 Å². The second-order valence-electron chi connectivity index (χ2n) is 2.55. The van der Waals surface area contributed by atoms with E-state index in [1.165, 1.54) is 0 Å². The molecule has 0 aromatic heterocycles. The van der Waals surface area contributed by atoms with Crippen molar-refractivity contribution in [3.63, 3.8) is 0 Å². The molecule has 90 valence electrons. The maximum Gasteiger partial charge on any atom is 0.453 e. The van der Waals surface area contributed by atoms with Gasteiger partial charge in [0, 0.05) is 0 Å². The maximum atomic E-state index is 12.2. The lowest BCUT2D eigenvalue weighted by atomic mass is 10.2. The minimum atomic E-state index is -6.13. The van der Waals surface area contributed by atoms with E-state index in [-0.39, 0.29) is 0 Å². The second-order valence-corrected chi connectivity index (χ2v) is 2.55. The standard InChI is InChI=1S/C5H2F8O2/c6-1-2(7)15-3(14-1,4(8,9)10)5(11,12)13/h1-2H/t1-,2+. The number of halogens is 8. The zero-order chi connectivity index (χ0) is 12.1. The second kappa shape index (κ2) is 3.17. The van der Waals surface area contributed by atoms with Crippen LogP contribution in [0.2, 0.25) is 0 Å². The molecule has 1 rings (SSSR count). The van der Waals surface area contributed by atoms with Crippen LogP contribution in [0.1, 0.15) is 0 Å². The third kappa shape index (κ3) is 1.75. The van der Waals surface area contributed by atoms with Gasteiger partial charge in [0.1, 0.15) is 0 Å². The molecule has 15 heavy (non-hydrogen) atoms. The van der Waals surface area contributed by atoms with E-state index in [4.69, 9.17) is 0 Å². The predicted octanol–water partition coefficient (Wildman–Crippen LogP) is 2.45. The molecule has 0 unspecified atom stereocenters. The molecule has 10 heteroatoms. The molecule has 0 spiro atoms. The van der Waals surface area contributed by atoms with Gasteiger partial charge in [-0.25, -0.2) is 8.78 Å². The average molecular weight is 246 g/mol. The molecule has 1 fully saturated rings. The minimum absolute atomic E-state index is 2.88. The quantitative estimate of drug-likeness (QED) is 0.611. The minimum Gasteiger partial charge on any atom is -0.295 e. The van der Waals surface area contributed by atoms with Crippen LogP contribution in [0.15, 0.2) is 0 Å². The number of hydrogen-bond donors (Lipinski definition) is 0. The molecule has 0 bridgehead atoms. The van der Waals surface area contributed by atoms with Gasteiger partial charge in [0.25, 0.3) is 12.7 Å². The molecule has 2 atom stereocenters. The highest BCUT2D eigenvalue weighted by Gasteiger charge is 2.79. The molecule has 0 saturated carbocycles. The summed E-state index contributed by atoms with van der Waals surface area (Å²) < 4.78 is 102. The molecule has 0 aromatic rings. The molecule has 0 radical (unpaired) electrons. The van der Waals surface area contributed by atoms with E-state index in [1.54, 1.807) is 0 Å². The average Bonchev–Trinajstić information content (AvgIpc) is 2.26. The van der Waals surface area contributed by atoms with Gasteiger partial charge in [-0.3, -0.25) is 9.47 Å². The van der Waals surface area contributed by atoms with Crippen LogP contribution in [0.3, 0.4) is 0 Å². The first-order valence-electron chi connectivity index (χ1n) is 3.28. The molecular weight excluding hydrogens is 244 g/mol. The number of ether oxygens (including phenoxy) is 2. The Kier molecular flexibility index (Phi) is 2.63. The maximum absolute atomic E-state index is 12.2. The van der Waals surface area contributed by atoms with Crippen molar-refractivity contribution >= 4 is 0 Å². The molecule has 1 saturated heterocycles. The Bertz CT molecular complexity index is 218. The summed E-state index contributed by atoms with van der Waals surface area (Å²) >= 11 is 0. The van der Waals surface area contributed by atoms with Gasteiger partial charge in [-0.2, -0.15) is 26.3 Å². The molecule has 1 aliphatic heterocycles. The summed E-state index contributed by atoms with van der Waals surface area (Å²) in [5.41, 5.74) is 0. The van der Waals surface area contributed by atoms with Crippen molar-refractivity contribution in [3.05, 3.63) is 0 Å². The van der Waals surface area contributed by atoms with E-state index in [9.17, 15) is 35.1 Å². The third-order valence-electron chi connectivity index (χ3n) is 1.51. The lowest BCUT2D eigenvalue weighted by Gasteiger charge is -2.30. The van der Waals surface area contributed by atoms with E-state index < -0.39 is 30.9 Å². The number of alkyl halides is 8. The Labute approximate surface area is 76.7 Å². The van der Waals surface area contributed by atoms with Crippen LogP contribution < -0.4 is 0 Å². The van der Waals surface area contributed by atoms with Crippen molar-refractivity contribution in [2.45, 2.75) is 30.9 Å². The molecular formula is C5H2F8O2. The van der Waals surface area contributed by atoms with Crippen LogP contribution in [0.25, 0.3) is 0 Å². The monoisotopic (exact) mass is 246 g/mol. The van der Waals surface area contributed by atoms with E-state index >= 15 is 0 Å². The lowest BCUT2D eigenvalue weighted by molar-refractivity contribution is -0.450. The first-order valence-corrected chi connectivity index (χ1v) is 3.28. The predicted molar refractivity (Wildman–Crippen MR) is 26.8 cm³/mol. The summed E-state index contributed by atoms with van der Waals surface area (Å²) in [4.78, 5) is 0. The van der Waals surface area contributed by atoms with Gasteiger partial charge in [0.15, 0.2) is 0 Å². The van der Waals surface area contributed by atoms with Crippen LogP contribution in [-0.2, 0) is 9.47 Å². The Morgan fingerprint density at radius 3 is 1.13 bits per heavy atom. The van der Waals surface area contributed by atoms with E-state index in [2.05, 4.69) is 9.47 Å². The normalized spacial score (nSPS) is 32.0. The van der Waals surface area contributed by atoms with Crippen molar-refractivity contribution in [2.75, 3.05) is 0 Å².